The third-order valence-electron chi connectivity index (χ3n) is 4.70. The number of carbonyl (C=O) groups is 1. The van der Waals surface area contributed by atoms with Crippen LogP contribution in [-0.2, 0) is 15.9 Å². The van der Waals surface area contributed by atoms with Crippen molar-refractivity contribution in [3.63, 3.8) is 0 Å². The molecule has 2 atom stereocenters. The predicted octanol–water partition coefficient (Wildman–Crippen LogP) is 3.04. The summed E-state index contributed by atoms with van der Waals surface area (Å²) in [6, 6.07) is 2.60. The number of nitrogens with zero attached hydrogens (tertiary/aromatic N) is 1. The largest absolute Gasteiger partial charge is 0.444 e. The van der Waals surface area contributed by atoms with Gasteiger partial charge in [0.2, 0.25) is 0 Å². The van der Waals surface area contributed by atoms with Crippen LogP contribution in [0.2, 0.25) is 0 Å². The van der Waals surface area contributed by atoms with Gasteiger partial charge in [-0.2, -0.15) is 0 Å². The molecule has 2 unspecified atom stereocenters. The second-order valence-electron chi connectivity index (χ2n) is 8.32. The van der Waals surface area contributed by atoms with Crippen molar-refractivity contribution in [2.75, 3.05) is 13.2 Å². The minimum absolute atomic E-state index is 0.122. The van der Waals surface area contributed by atoms with Gasteiger partial charge in [-0.3, -0.25) is 4.90 Å². The minimum Gasteiger partial charge on any atom is -0.444 e. The Balaban J connectivity index is 1.77. The van der Waals surface area contributed by atoms with E-state index in [0.717, 1.165) is 6.07 Å². The van der Waals surface area contributed by atoms with Crippen LogP contribution >= 0.6 is 0 Å². The van der Waals surface area contributed by atoms with Crippen molar-refractivity contribution >= 4 is 6.09 Å². The summed E-state index contributed by atoms with van der Waals surface area (Å²) in [5.41, 5.74) is -1.37. The highest BCUT2D eigenvalue weighted by Gasteiger charge is 2.49. The minimum atomic E-state index is -1.15. The summed E-state index contributed by atoms with van der Waals surface area (Å²) in [5.74, 6) is -1.34. The number of aliphatic hydroxyl groups is 1. The maximum Gasteiger partial charge on any atom is 0.410 e. The van der Waals surface area contributed by atoms with E-state index in [2.05, 4.69) is 0 Å². The summed E-state index contributed by atoms with van der Waals surface area (Å²) in [6.07, 6.45) is 0.230. The Morgan fingerprint density at radius 3 is 2.27 bits per heavy atom. The number of piperidine rings is 1. The third kappa shape index (κ3) is 4.32. The van der Waals surface area contributed by atoms with E-state index >= 15 is 0 Å². The highest BCUT2D eigenvalue weighted by atomic mass is 19.1. The summed E-state index contributed by atoms with van der Waals surface area (Å²) in [4.78, 5) is 14.2. The molecule has 26 heavy (non-hydrogen) atoms. The summed E-state index contributed by atoms with van der Waals surface area (Å²) in [6.45, 7) is 6.01. The van der Waals surface area contributed by atoms with E-state index < -0.39 is 28.9 Å². The second-order valence-corrected chi connectivity index (χ2v) is 8.32. The smallest absolute Gasteiger partial charge is 0.410 e. The van der Waals surface area contributed by atoms with Crippen LogP contribution in [0.15, 0.2) is 18.2 Å². The molecule has 0 radical (unpaired) electrons. The molecule has 1 amide bonds. The molecule has 2 fully saturated rings. The lowest BCUT2D eigenvalue weighted by atomic mass is 9.77. The Hall–Kier alpha value is -1.73. The molecule has 0 aromatic heterocycles. The lowest BCUT2D eigenvalue weighted by Crippen LogP contribution is -2.64. The molecule has 2 aliphatic heterocycles. The van der Waals surface area contributed by atoms with Crippen LogP contribution in [0.1, 0.15) is 39.2 Å². The normalized spacial score (nSPS) is 28.8. The van der Waals surface area contributed by atoms with Crippen LogP contribution in [0, 0.1) is 11.6 Å². The van der Waals surface area contributed by atoms with Crippen LogP contribution in [0.25, 0.3) is 0 Å². The van der Waals surface area contributed by atoms with Gasteiger partial charge >= 0.3 is 6.09 Å². The first-order valence-corrected chi connectivity index (χ1v) is 8.81. The number of ether oxygens (including phenoxy) is 2. The SMILES string of the molecule is CC(C)(C)OC(=O)N1C2COCC1CC(O)(Cc1cc(F)cc(F)c1)C2. The first-order valence-electron chi connectivity index (χ1n) is 8.81. The Morgan fingerprint density at radius 2 is 1.77 bits per heavy atom. The molecule has 2 saturated heterocycles. The van der Waals surface area contributed by atoms with Crippen molar-refractivity contribution in [2.24, 2.45) is 0 Å². The number of hydrogen-bond donors (Lipinski definition) is 1. The van der Waals surface area contributed by atoms with Crippen LogP contribution in [-0.4, -0.2) is 52.6 Å². The number of halogens is 2. The highest BCUT2D eigenvalue weighted by Crippen LogP contribution is 2.37. The molecule has 2 bridgehead atoms. The number of fused-ring (bicyclic) bond motifs is 2. The van der Waals surface area contributed by atoms with Gasteiger partial charge in [-0.15, -0.1) is 0 Å². The van der Waals surface area contributed by atoms with E-state index in [1.54, 1.807) is 25.7 Å². The van der Waals surface area contributed by atoms with Gasteiger partial charge in [0, 0.05) is 12.5 Å². The first-order chi connectivity index (χ1) is 12.0. The van der Waals surface area contributed by atoms with Crippen LogP contribution in [0.4, 0.5) is 13.6 Å². The molecule has 2 aliphatic rings. The number of benzene rings is 1. The van der Waals surface area contributed by atoms with Crippen LogP contribution < -0.4 is 0 Å². The van der Waals surface area contributed by atoms with Gasteiger partial charge in [0.25, 0.3) is 0 Å². The maximum atomic E-state index is 13.5. The van der Waals surface area contributed by atoms with Gasteiger partial charge < -0.3 is 14.6 Å². The lowest BCUT2D eigenvalue weighted by Gasteiger charge is -2.51. The van der Waals surface area contributed by atoms with Crippen molar-refractivity contribution in [1.29, 1.82) is 0 Å². The molecule has 0 saturated carbocycles. The highest BCUT2D eigenvalue weighted by molar-refractivity contribution is 5.69. The van der Waals surface area contributed by atoms with Crippen LogP contribution in [0.5, 0.6) is 0 Å². The van der Waals surface area contributed by atoms with E-state index in [-0.39, 0.29) is 31.3 Å². The zero-order valence-corrected chi connectivity index (χ0v) is 15.3. The van der Waals surface area contributed by atoms with E-state index in [1.165, 1.54) is 12.1 Å². The number of hydrogen-bond acceptors (Lipinski definition) is 4. The molecule has 5 nitrogen and oxygen atoms in total. The first kappa shape index (κ1) is 19.0. The Kier molecular flexibility index (Phi) is 4.96. The summed E-state index contributed by atoms with van der Waals surface area (Å²) in [5, 5.41) is 11.1. The molecule has 0 spiro atoms. The van der Waals surface area contributed by atoms with Crippen molar-refractivity contribution in [3.8, 4) is 0 Å². The van der Waals surface area contributed by atoms with Gasteiger partial charge in [0.1, 0.15) is 17.2 Å². The van der Waals surface area contributed by atoms with Crippen molar-refractivity contribution < 1.29 is 28.2 Å². The molecule has 144 valence electrons. The van der Waals surface area contributed by atoms with Gasteiger partial charge in [0.05, 0.1) is 30.9 Å². The standard InChI is InChI=1S/C19H25F2NO4/c1-18(2,3)26-17(23)22-15-8-19(24,9-16(22)11-25-10-15)7-12-4-13(20)6-14(21)5-12/h4-6,15-16,24H,7-11H2,1-3H3. The molecule has 7 heteroatoms. The van der Waals surface area contributed by atoms with E-state index in [1.807, 2.05) is 0 Å². The van der Waals surface area contributed by atoms with Gasteiger partial charge in [-0.05, 0) is 51.3 Å². The molecular weight excluding hydrogens is 344 g/mol. The average molecular weight is 369 g/mol. The summed E-state index contributed by atoms with van der Waals surface area (Å²) in [7, 11) is 0. The van der Waals surface area contributed by atoms with Gasteiger partial charge in [-0.1, -0.05) is 0 Å². The fourth-order valence-corrected chi connectivity index (χ4v) is 3.92. The fraction of sp³-hybridized carbons (Fsp3) is 0.632. The lowest BCUT2D eigenvalue weighted by molar-refractivity contribution is -0.137. The molecule has 1 N–H and O–H groups in total. The third-order valence-corrected chi connectivity index (χ3v) is 4.70. The summed E-state index contributed by atoms with van der Waals surface area (Å²) < 4.78 is 37.9. The van der Waals surface area contributed by atoms with E-state index in [4.69, 9.17) is 9.47 Å². The molecule has 1 aromatic carbocycles. The number of carbonyl (C=O) groups excluding carboxylic acids is 1. The maximum absolute atomic E-state index is 13.5. The fourth-order valence-electron chi connectivity index (χ4n) is 3.92. The Morgan fingerprint density at radius 1 is 1.23 bits per heavy atom. The number of rotatable bonds is 2. The number of amides is 1. The second kappa shape index (κ2) is 6.78. The molecule has 1 aromatic rings. The zero-order chi connectivity index (χ0) is 19.1. The van der Waals surface area contributed by atoms with Crippen LogP contribution in [0.3, 0.4) is 0 Å². The van der Waals surface area contributed by atoms with Crippen molar-refractivity contribution in [1.82, 2.24) is 4.90 Å². The molecule has 3 rings (SSSR count). The molecular formula is C19H25F2NO4. The van der Waals surface area contributed by atoms with Gasteiger partial charge in [0.15, 0.2) is 0 Å². The predicted molar refractivity (Wildman–Crippen MR) is 90.7 cm³/mol. The quantitative estimate of drug-likeness (QED) is 0.871. The number of morpholine rings is 1. The van der Waals surface area contributed by atoms with Gasteiger partial charge in [-0.25, -0.2) is 13.6 Å². The Bertz CT molecular complexity index is 654. The van der Waals surface area contributed by atoms with Crippen molar-refractivity contribution in [2.45, 2.75) is 63.3 Å². The van der Waals surface area contributed by atoms with E-state index in [9.17, 15) is 18.7 Å². The van der Waals surface area contributed by atoms with Crippen molar-refractivity contribution in [3.05, 3.63) is 35.4 Å². The summed E-state index contributed by atoms with van der Waals surface area (Å²) >= 11 is 0. The average Bonchev–Trinajstić information content (AvgIpc) is 2.42. The topological polar surface area (TPSA) is 59.0 Å². The molecule has 0 aliphatic carbocycles. The Labute approximate surface area is 151 Å². The van der Waals surface area contributed by atoms with E-state index in [0.29, 0.717) is 18.8 Å². The molecule has 2 heterocycles. The monoisotopic (exact) mass is 369 g/mol. The zero-order valence-electron chi connectivity index (χ0n) is 15.3.